The van der Waals surface area contributed by atoms with Gasteiger partial charge in [-0.1, -0.05) is 35.4 Å². The first-order valence-corrected chi connectivity index (χ1v) is 14.7. The number of carbonyl (C=O) groups is 1. The van der Waals surface area contributed by atoms with Crippen molar-refractivity contribution in [3.8, 4) is 11.5 Å². The van der Waals surface area contributed by atoms with E-state index in [4.69, 9.17) is 4.74 Å². The van der Waals surface area contributed by atoms with Crippen LogP contribution in [-0.2, 0) is 17.8 Å². The molecule has 5 nitrogen and oxygen atoms in total. The van der Waals surface area contributed by atoms with Gasteiger partial charge in [0.15, 0.2) is 0 Å². The van der Waals surface area contributed by atoms with Gasteiger partial charge in [-0.2, -0.15) is 0 Å². The number of ether oxygens (including phenoxy) is 1. The minimum absolute atomic E-state index is 0.0254. The predicted octanol–water partition coefficient (Wildman–Crippen LogP) is 8.29. The summed E-state index contributed by atoms with van der Waals surface area (Å²) < 4.78 is 6.58. The highest BCUT2D eigenvalue weighted by Crippen LogP contribution is 2.44. The van der Waals surface area contributed by atoms with Crippen LogP contribution in [0.25, 0.3) is 0 Å². The summed E-state index contributed by atoms with van der Waals surface area (Å²) in [5.74, 6) is 1.37. The van der Waals surface area contributed by atoms with Crippen LogP contribution in [0.3, 0.4) is 0 Å². The second kappa shape index (κ2) is 14.3. The van der Waals surface area contributed by atoms with Crippen molar-refractivity contribution < 1.29 is 14.6 Å². The Bertz CT molecular complexity index is 1270. The quantitative estimate of drug-likeness (QED) is 0.208. The van der Waals surface area contributed by atoms with E-state index in [2.05, 4.69) is 50.1 Å². The van der Waals surface area contributed by atoms with Gasteiger partial charge in [0.25, 0.3) is 0 Å². The summed E-state index contributed by atoms with van der Waals surface area (Å²) in [6.07, 6.45) is 18.0. The van der Waals surface area contributed by atoms with Crippen molar-refractivity contribution in [1.29, 1.82) is 0 Å². The second-order valence-corrected chi connectivity index (χ2v) is 11.7. The van der Waals surface area contributed by atoms with Gasteiger partial charge in [0.1, 0.15) is 17.1 Å². The molecule has 5 heteroatoms. The molecular formula is C35H48N2O3. The van der Waals surface area contributed by atoms with E-state index in [0.29, 0.717) is 12.3 Å². The van der Waals surface area contributed by atoms with Gasteiger partial charge in [-0.05, 0) is 128 Å². The lowest BCUT2D eigenvalue weighted by atomic mass is 9.85. The number of carbonyl (C=O) groups excluding carboxylic acids is 1. The molecule has 1 aromatic heterocycles. The number of hydrogen-bond donors (Lipinski definition) is 2. The topological polar surface area (TPSA) is 71.5 Å². The normalized spacial score (nSPS) is 17.8. The Hall–Kier alpha value is -3.34. The maximum absolute atomic E-state index is 12.3. The molecule has 3 rings (SSSR count). The Kier molecular flexibility index (Phi) is 11.2. The molecule has 2 heterocycles. The number of nitrogens with one attached hydrogen (secondary N) is 1. The molecule has 1 unspecified atom stereocenters. The van der Waals surface area contributed by atoms with Gasteiger partial charge in [0, 0.05) is 30.1 Å². The SMILES string of the molecule is C/C(=C\CC/C(C)=C/CCC1(C)CCc2c(C)c(O)c(C)c(C)c2O1)CC/C=C(\C)C(=O)NCc1cccnc1. The molecule has 40 heavy (non-hydrogen) atoms. The van der Waals surface area contributed by atoms with Crippen molar-refractivity contribution in [2.45, 2.75) is 112 Å². The first-order chi connectivity index (χ1) is 19.0. The third-order valence-electron chi connectivity index (χ3n) is 8.31. The van der Waals surface area contributed by atoms with E-state index in [0.717, 1.165) is 84.9 Å². The maximum Gasteiger partial charge on any atom is 0.246 e. The molecule has 1 aliphatic heterocycles. The average molecular weight is 545 g/mol. The third-order valence-corrected chi connectivity index (χ3v) is 8.31. The van der Waals surface area contributed by atoms with Crippen molar-refractivity contribution >= 4 is 5.91 Å². The zero-order valence-electron chi connectivity index (χ0n) is 25.6. The summed E-state index contributed by atoms with van der Waals surface area (Å²) in [7, 11) is 0. The van der Waals surface area contributed by atoms with Crippen LogP contribution >= 0.6 is 0 Å². The van der Waals surface area contributed by atoms with Gasteiger partial charge in [-0.15, -0.1) is 0 Å². The Morgan fingerprint density at radius 1 is 1.02 bits per heavy atom. The van der Waals surface area contributed by atoms with E-state index in [1.54, 1.807) is 12.4 Å². The Balaban J connectivity index is 1.39. The number of phenols is 1. The fourth-order valence-electron chi connectivity index (χ4n) is 5.28. The summed E-state index contributed by atoms with van der Waals surface area (Å²) >= 11 is 0. The van der Waals surface area contributed by atoms with E-state index in [9.17, 15) is 9.90 Å². The highest BCUT2D eigenvalue weighted by atomic mass is 16.5. The number of benzene rings is 1. The molecule has 2 aromatic rings. The number of hydrogen-bond acceptors (Lipinski definition) is 4. The highest BCUT2D eigenvalue weighted by Gasteiger charge is 2.33. The molecule has 0 saturated carbocycles. The van der Waals surface area contributed by atoms with Gasteiger partial charge < -0.3 is 15.2 Å². The average Bonchev–Trinajstić information content (AvgIpc) is 2.94. The van der Waals surface area contributed by atoms with Gasteiger partial charge in [-0.3, -0.25) is 9.78 Å². The van der Waals surface area contributed by atoms with Gasteiger partial charge in [-0.25, -0.2) is 0 Å². The van der Waals surface area contributed by atoms with Crippen molar-refractivity contribution in [2.75, 3.05) is 0 Å². The van der Waals surface area contributed by atoms with Crippen LogP contribution in [0, 0.1) is 20.8 Å². The molecule has 0 spiro atoms. The Morgan fingerprint density at radius 2 is 1.70 bits per heavy atom. The summed E-state index contributed by atoms with van der Waals surface area (Å²) in [6, 6.07) is 3.83. The van der Waals surface area contributed by atoms with E-state index in [-0.39, 0.29) is 11.5 Å². The molecule has 1 amide bonds. The standard InChI is InChI=1S/C35H48N2O3/c1-24(14-9-16-26(3)34(39)37-23-30-17-11-21-36-22-30)12-8-13-25(2)15-10-19-35(7)20-18-31-29(6)32(38)27(4)28(5)33(31)40-35/h11-12,15-17,21-22,38H,8-10,13-14,18-20,23H2,1-7H3,(H,37,39)/b24-12+,25-15+,26-16+. The lowest BCUT2D eigenvalue weighted by molar-refractivity contribution is -0.117. The van der Waals surface area contributed by atoms with Crippen molar-refractivity contribution in [1.82, 2.24) is 10.3 Å². The molecule has 1 atom stereocenters. The number of allylic oxidation sites excluding steroid dienone is 5. The zero-order chi connectivity index (χ0) is 29.3. The first-order valence-electron chi connectivity index (χ1n) is 14.7. The highest BCUT2D eigenvalue weighted by molar-refractivity contribution is 5.92. The monoisotopic (exact) mass is 544 g/mol. The summed E-state index contributed by atoms with van der Waals surface area (Å²) in [5.41, 5.74) is 8.47. The largest absolute Gasteiger partial charge is 0.507 e. The first kappa shape index (κ1) is 31.2. The predicted molar refractivity (Wildman–Crippen MR) is 165 cm³/mol. The number of aromatic nitrogens is 1. The molecule has 0 saturated heterocycles. The minimum Gasteiger partial charge on any atom is -0.507 e. The van der Waals surface area contributed by atoms with Crippen LogP contribution in [0.15, 0.2) is 59.5 Å². The molecular weight excluding hydrogens is 496 g/mol. The maximum atomic E-state index is 12.3. The van der Waals surface area contributed by atoms with Gasteiger partial charge in [0.2, 0.25) is 5.91 Å². The van der Waals surface area contributed by atoms with E-state index >= 15 is 0 Å². The number of pyridine rings is 1. The number of nitrogens with zero attached hydrogens (tertiary/aromatic N) is 1. The van der Waals surface area contributed by atoms with E-state index in [1.165, 1.54) is 16.7 Å². The lowest BCUT2D eigenvalue weighted by Crippen LogP contribution is -2.37. The smallest absolute Gasteiger partial charge is 0.246 e. The molecule has 0 aliphatic carbocycles. The number of phenolic OH excluding ortho intramolecular Hbond substituents is 1. The fourth-order valence-corrected chi connectivity index (χ4v) is 5.28. The van der Waals surface area contributed by atoms with Crippen molar-refractivity contribution in [2.24, 2.45) is 0 Å². The number of amides is 1. The molecule has 1 aromatic carbocycles. The molecule has 1 aliphatic rings. The Labute approximate surface area is 241 Å². The molecule has 216 valence electrons. The number of aromatic hydroxyl groups is 1. The van der Waals surface area contributed by atoms with E-state index < -0.39 is 0 Å². The van der Waals surface area contributed by atoms with E-state index in [1.807, 2.05) is 39.0 Å². The van der Waals surface area contributed by atoms with Crippen LogP contribution in [0.4, 0.5) is 0 Å². The van der Waals surface area contributed by atoms with Crippen LogP contribution in [0.2, 0.25) is 0 Å². The number of rotatable bonds is 12. The third kappa shape index (κ3) is 8.58. The summed E-state index contributed by atoms with van der Waals surface area (Å²) in [6.45, 7) is 15.0. The molecule has 0 bridgehead atoms. The van der Waals surface area contributed by atoms with Crippen LogP contribution in [0.1, 0.15) is 100 Å². The van der Waals surface area contributed by atoms with Gasteiger partial charge in [0.05, 0.1) is 0 Å². The van der Waals surface area contributed by atoms with Crippen LogP contribution in [-0.4, -0.2) is 21.6 Å². The minimum atomic E-state index is -0.178. The molecule has 0 fully saturated rings. The van der Waals surface area contributed by atoms with Crippen molar-refractivity contribution in [3.63, 3.8) is 0 Å². The Morgan fingerprint density at radius 3 is 2.38 bits per heavy atom. The second-order valence-electron chi connectivity index (χ2n) is 11.7. The van der Waals surface area contributed by atoms with Gasteiger partial charge >= 0.3 is 0 Å². The summed E-state index contributed by atoms with van der Waals surface area (Å²) in [5, 5.41) is 13.4. The molecule has 2 N–H and O–H groups in total. The van der Waals surface area contributed by atoms with Crippen molar-refractivity contribution in [3.05, 3.63) is 87.3 Å². The molecule has 0 radical (unpaired) electrons. The fraction of sp³-hybridized carbons (Fsp3) is 0.486. The zero-order valence-corrected chi connectivity index (χ0v) is 25.6. The lowest BCUT2D eigenvalue weighted by Gasteiger charge is -2.38. The summed E-state index contributed by atoms with van der Waals surface area (Å²) in [4.78, 5) is 16.4. The number of fused-ring (bicyclic) bond motifs is 1. The van der Waals surface area contributed by atoms with Crippen LogP contribution < -0.4 is 10.1 Å². The van der Waals surface area contributed by atoms with Crippen LogP contribution in [0.5, 0.6) is 11.5 Å².